The van der Waals surface area contributed by atoms with E-state index in [1.807, 2.05) is 0 Å². The number of benzene rings is 1. The van der Waals surface area contributed by atoms with Crippen LogP contribution in [0.15, 0.2) is 23.8 Å². The molecule has 4 nitrogen and oxygen atoms in total. The second-order valence-electron chi connectivity index (χ2n) is 3.85. The van der Waals surface area contributed by atoms with Gasteiger partial charge in [-0.15, -0.1) is 0 Å². The lowest BCUT2D eigenvalue weighted by atomic mass is 10.0. The summed E-state index contributed by atoms with van der Waals surface area (Å²) in [7, 11) is 1.37. The molecule has 1 N–H and O–H groups in total. The Kier molecular flexibility index (Phi) is 3.13. The van der Waals surface area contributed by atoms with Crippen LogP contribution in [0.3, 0.4) is 0 Å². The first-order chi connectivity index (χ1) is 8.82. The fourth-order valence-electron chi connectivity index (χ4n) is 1.71. The summed E-state index contributed by atoms with van der Waals surface area (Å²) in [6.45, 7) is 0. The van der Waals surface area contributed by atoms with E-state index in [0.717, 1.165) is 6.08 Å². The van der Waals surface area contributed by atoms with Gasteiger partial charge in [0.15, 0.2) is 0 Å². The van der Waals surface area contributed by atoms with Gasteiger partial charge in [-0.1, -0.05) is 0 Å². The van der Waals surface area contributed by atoms with Crippen LogP contribution in [0.2, 0.25) is 0 Å². The molecule has 0 fully saturated rings. The topological polar surface area (TPSA) is 55.8 Å². The molecule has 1 aromatic rings. The van der Waals surface area contributed by atoms with Gasteiger partial charge in [0.1, 0.15) is 11.5 Å². The maximum Gasteiger partial charge on any atom is 0.430 e. The van der Waals surface area contributed by atoms with Gasteiger partial charge in [0.25, 0.3) is 0 Å². The number of ether oxygens (including phenoxy) is 2. The number of hydrogen-bond donors (Lipinski definition) is 1. The number of halogens is 3. The highest BCUT2D eigenvalue weighted by Gasteiger charge is 2.48. The van der Waals surface area contributed by atoms with Crippen molar-refractivity contribution >= 4 is 12.0 Å². The summed E-state index contributed by atoms with van der Waals surface area (Å²) in [5.74, 6) is -1.40. The highest BCUT2D eigenvalue weighted by Crippen LogP contribution is 2.38. The first-order valence-corrected chi connectivity index (χ1v) is 5.19. The smallest absolute Gasteiger partial charge is 0.430 e. The molecular formula is C12H9F3O4. The van der Waals surface area contributed by atoms with Crippen LogP contribution in [-0.4, -0.2) is 30.5 Å². The lowest BCUT2D eigenvalue weighted by Crippen LogP contribution is -2.40. The molecule has 1 atom stereocenters. The molecule has 0 saturated heterocycles. The van der Waals surface area contributed by atoms with E-state index in [-0.39, 0.29) is 11.3 Å². The molecule has 2 rings (SSSR count). The third-order valence-electron chi connectivity index (χ3n) is 2.60. The van der Waals surface area contributed by atoms with Crippen molar-refractivity contribution in [3.8, 4) is 11.5 Å². The molecule has 0 spiro atoms. The summed E-state index contributed by atoms with van der Waals surface area (Å²) in [4.78, 5) is 10.9. The number of alkyl halides is 3. The van der Waals surface area contributed by atoms with Crippen molar-refractivity contribution in [3.05, 3.63) is 29.3 Å². The van der Waals surface area contributed by atoms with Gasteiger partial charge >= 0.3 is 12.1 Å². The van der Waals surface area contributed by atoms with Crippen LogP contribution in [0.5, 0.6) is 11.5 Å². The van der Waals surface area contributed by atoms with E-state index in [1.54, 1.807) is 0 Å². The number of hydrogen-bond acceptors (Lipinski definition) is 3. The average Bonchev–Trinajstić information content (AvgIpc) is 2.35. The lowest BCUT2D eigenvalue weighted by Gasteiger charge is -2.27. The second kappa shape index (κ2) is 4.49. The Morgan fingerprint density at radius 2 is 2.11 bits per heavy atom. The Morgan fingerprint density at radius 1 is 1.42 bits per heavy atom. The van der Waals surface area contributed by atoms with Crippen LogP contribution in [0.1, 0.15) is 5.56 Å². The van der Waals surface area contributed by atoms with E-state index in [1.165, 1.54) is 25.3 Å². The number of methoxy groups -OCH3 is 1. The molecule has 1 aliphatic heterocycles. The Labute approximate surface area is 106 Å². The van der Waals surface area contributed by atoms with Gasteiger partial charge in [-0.3, -0.25) is 0 Å². The second-order valence-corrected chi connectivity index (χ2v) is 3.85. The predicted molar refractivity (Wildman–Crippen MR) is 59.1 cm³/mol. The number of aliphatic carboxylic acids is 1. The van der Waals surface area contributed by atoms with Crippen LogP contribution in [-0.2, 0) is 4.79 Å². The molecule has 1 aliphatic rings. The normalized spacial score (nSPS) is 18.1. The number of rotatable bonds is 2. The van der Waals surface area contributed by atoms with Crippen molar-refractivity contribution in [2.75, 3.05) is 7.11 Å². The maximum atomic E-state index is 12.8. The van der Waals surface area contributed by atoms with Gasteiger partial charge in [0, 0.05) is 11.6 Å². The van der Waals surface area contributed by atoms with Gasteiger partial charge in [-0.2, -0.15) is 13.2 Å². The molecule has 0 amide bonds. The summed E-state index contributed by atoms with van der Waals surface area (Å²) in [5.41, 5.74) is -0.580. The average molecular weight is 274 g/mol. The number of carboxylic acids is 1. The molecule has 0 saturated carbocycles. The molecular weight excluding hydrogens is 265 g/mol. The van der Waals surface area contributed by atoms with Crippen LogP contribution < -0.4 is 9.47 Å². The quantitative estimate of drug-likeness (QED) is 0.900. The lowest BCUT2D eigenvalue weighted by molar-refractivity contribution is -0.187. The zero-order valence-electron chi connectivity index (χ0n) is 9.69. The number of fused-ring (bicyclic) bond motifs is 1. The monoisotopic (exact) mass is 274 g/mol. The Balaban J connectivity index is 2.51. The Morgan fingerprint density at radius 3 is 2.63 bits per heavy atom. The van der Waals surface area contributed by atoms with E-state index in [0.29, 0.717) is 5.75 Å². The first-order valence-electron chi connectivity index (χ1n) is 5.19. The fourth-order valence-corrected chi connectivity index (χ4v) is 1.71. The summed E-state index contributed by atoms with van der Waals surface area (Å²) < 4.78 is 47.9. The molecule has 0 aliphatic carbocycles. The zero-order valence-corrected chi connectivity index (χ0v) is 9.69. The van der Waals surface area contributed by atoms with E-state index in [4.69, 9.17) is 14.6 Å². The summed E-state index contributed by atoms with van der Waals surface area (Å²) >= 11 is 0. The molecule has 7 heteroatoms. The van der Waals surface area contributed by atoms with Crippen molar-refractivity contribution in [3.63, 3.8) is 0 Å². The van der Waals surface area contributed by atoms with Gasteiger partial charge < -0.3 is 14.6 Å². The van der Waals surface area contributed by atoms with Crippen LogP contribution in [0, 0.1) is 0 Å². The molecule has 0 aromatic heterocycles. The fraction of sp³-hybridized carbons (Fsp3) is 0.250. The Hall–Kier alpha value is -2.18. The van der Waals surface area contributed by atoms with Crippen molar-refractivity contribution in [2.24, 2.45) is 0 Å². The molecule has 19 heavy (non-hydrogen) atoms. The molecule has 0 bridgehead atoms. The van der Waals surface area contributed by atoms with Crippen molar-refractivity contribution in [2.45, 2.75) is 12.3 Å². The van der Waals surface area contributed by atoms with Gasteiger partial charge in [0.2, 0.25) is 6.10 Å². The van der Waals surface area contributed by atoms with Crippen LogP contribution in [0.25, 0.3) is 6.08 Å². The molecule has 1 aromatic carbocycles. The van der Waals surface area contributed by atoms with Crippen LogP contribution >= 0.6 is 0 Å². The van der Waals surface area contributed by atoms with Gasteiger partial charge in [0.05, 0.1) is 12.7 Å². The standard InChI is InChI=1S/C12H9F3O4/c1-18-7-3-2-6-4-8(11(16)17)10(12(13,14)15)19-9(6)5-7/h2-5,10H,1H3,(H,16,17)/t10-/m1/s1. The maximum absolute atomic E-state index is 12.8. The van der Waals surface area contributed by atoms with Gasteiger partial charge in [-0.05, 0) is 18.2 Å². The largest absolute Gasteiger partial charge is 0.497 e. The highest BCUT2D eigenvalue weighted by molar-refractivity contribution is 5.95. The third kappa shape index (κ3) is 2.49. The number of carbonyl (C=O) groups is 1. The number of carboxylic acid groups (broad SMARTS) is 1. The minimum absolute atomic E-state index is 0.0633. The summed E-state index contributed by atoms with van der Waals surface area (Å²) in [5, 5.41) is 8.83. The van der Waals surface area contributed by atoms with Gasteiger partial charge in [-0.25, -0.2) is 4.79 Å². The highest BCUT2D eigenvalue weighted by atomic mass is 19.4. The third-order valence-corrected chi connectivity index (χ3v) is 2.60. The minimum Gasteiger partial charge on any atom is -0.497 e. The van der Waals surface area contributed by atoms with Crippen molar-refractivity contribution in [1.82, 2.24) is 0 Å². The summed E-state index contributed by atoms with van der Waals surface area (Å²) in [6, 6.07) is 4.22. The first kappa shape index (κ1) is 13.3. The van der Waals surface area contributed by atoms with E-state index in [2.05, 4.69) is 0 Å². The van der Waals surface area contributed by atoms with Crippen molar-refractivity contribution < 1.29 is 32.5 Å². The molecule has 0 radical (unpaired) electrons. The molecule has 102 valence electrons. The Bertz CT molecular complexity index is 548. The van der Waals surface area contributed by atoms with Crippen LogP contribution in [0.4, 0.5) is 13.2 Å². The minimum atomic E-state index is -4.80. The van der Waals surface area contributed by atoms with Crippen molar-refractivity contribution in [1.29, 1.82) is 0 Å². The molecule has 0 unspecified atom stereocenters. The predicted octanol–water partition coefficient (Wildman–Crippen LogP) is 2.49. The molecule has 1 heterocycles. The SMILES string of the molecule is COc1ccc2c(c1)O[C@@H](C(F)(F)F)C(C(=O)O)=C2. The zero-order chi connectivity index (χ0) is 14.2. The van der Waals surface area contributed by atoms with E-state index < -0.39 is 23.8 Å². The van der Waals surface area contributed by atoms with E-state index in [9.17, 15) is 18.0 Å². The van der Waals surface area contributed by atoms with E-state index >= 15 is 0 Å². The summed E-state index contributed by atoms with van der Waals surface area (Å²) in [6.07, 6.45) is -6.33.